The standard InChI is InChI=1S/C29H41IN2O5/c1-18(2)9-11-32(27(34)17-21-14-19-7-8-20(21)13-19)24-15-22(29(36)31-10-12-33)16-26(28(24)35)37-25-6-4-3-5-23(25)30/h3-6,16,18-21,24,26,28,33,35H,7-15,17H2,1-2H3,(H,31,36)/t19?,20?,21?,24-,26+,28+/m1/s1. The van der Waals surface area contributed by atoms with Crippen molar-refractivity contribution in [3.05, 3.63) is 39.5 Å². The van der Waals surface area contributed by atoms with E-state index in [4.69, 9.17) is 4.74 Å². The number of carbonyl (C=O) groups is 2. The van der Waals surface area contributed by atoms with Crippen molar-refractivity contribution in [3.63, 3.8) is 0 Å². The fourth-order valence-corrected chi connectivity index (χ4v) is 6.82. The Labute approximate surface area is 234 Å². The molecule has 1 aromatic carbocycles. The Morgan fingerprint density at radius 2 is 2.00 bits per heavy atom. The van der Waals surface area contributed by atoms with E-state index >= 15 is 0 Å². The summed E-state index contributed by atoms with van der Waals surface area (Å²) in [5, 5.41) is 23.5. The van der Waals surface area contributed by atoms with E-state index in [1.807, 2.05) is 29.2 Å². The summed E-state index contributed by atoms with van der Waals surface area (Å²) in [6, 6.07) is 7.00. The number of aliphatic hydroxyl groups excluding tert-OH is 2. The van der Waals surface area contributed by atoms with Crippen LogP contribution in [0.25, 0.3) is 0 Å². The number of aliphatic hydroxyl groups is 2. The highest BCUT2D eigenvalue weighted by molar-refractivity contribution is 14.1. The van der Waals surface area contributed by atoms with Crippen molar-refractivity contribution < 1.29 is 24.5 Å². The van der Waals surface area contributed by atoms with Crippen molar-refractivity contribution >= 4 is 34.4 Å². The van der Waals surface area contributed by atoms with Crippen LogP contribution in [0.15, 0.2) is 35.9 Å². The second kappa shape index (κ2) is 12.9. The van der Waals surface area contributed by atoms with Crippen molar-refractivity contribution in [2.24, 2.45) is 23.7 Å². The Bertz CT molecular complexity index is 983. The van der Waals surface area contributed by atoms with Gasteiger partial charge in [-0.25, -0.2) is 0 Å². The summed E-state index contributed by atoms with van der Waals surface area (Å²) >= 11 is 2.19. The molecule has 7 nitrogen and oxygen atoms in total. The van der Waals surface area contributed by atoms with E-state index in [-0.39, 0.29) is 31.4 Å². The lowest BCUT2D eigenvalue weighted by Gasteiger charge is -2.41. The van der Waals surface area contributed by atoms with Gasteiger partial charge in [0, 0.05) is 31.5 Å². The molecule has 2 fully saturated rings. The number of rotatable bonds is 11. The molecule has 6 atom stereocenters. The predicted octanol–water partition coefficient (Wildman–Crippen LogP) is 3.91. The summed E-state index contributed by atoms with van der Waals surface area (Å²) in [7, 11) is 0. The van der Waals surface area contributed by atoms with Gasteiger partial charge >= 0.3 is 0 Å². The van der Waals surface area contributed by atoms with Crippen molar-refractivity contribution in [1.82, 2.24) is 10.2 Å². The Morgan fingerprint density at radius 1 is 1.22 bits per heavy atom. The smallest absolute Gasteiger partial charge is 0.247 e. The molecule has 1 aromatic rings. The molecular weight excluding hydrogens is 583 g/mol. The number of nitrogens with one attached hydrogen (secondary N) is 1. The molecule has 8 heteroatoms. The van der Waals surface area contributed by atoms with Crippen LogP contribution >= 0.6 is 22.6 Å². The zero-order valence-electron chi connectivity index (χ0n) is 21.9. The van der Waals surface area contributed by atoms with Gasteiger partial charge in [0.25, 0.3) is 0 Å². The monoisotopic (exact) mass is 624 g/mol. The minimum Gasteiger partial charge on any atom is -0.482 e. The van der Waals surface area contributed by atoms with Crippen molar-refractivity contribution in [2.45, 2.75) is 77.0 Å². The van der Waals surface area contributed by atoms with Crippen LogP contribution in [-0.2, 0) is 9.59 Å². The second-order valence-corrected chi connectivity index (χ2v) is 12.5. The lowest BCUT2D eigenvalue weighted by Crippen LogP contribution is -2.55. The number of nitrogens with zero attached hydrogens (tertiary/aromatic N) is 1. The number of ether oxygens (including phenoxy) is 1. The number of hydrogen-bond donors (Lipinski definition) is 3. The van der Waals surface area contributed by atoms with Gasteiger partial charge in [0.1, 0.15) is 18.0 Å². The topological polar surface area (TPSA) is 99.1 Å². The maximum Gasteiger partial charge on any atom is 0.247 e. The van der Waals surface area contributed by atoms with Gasteiger partial charge in [-0.2, -0.15) is 0 Å². The SMILES string of the molecule is CC(C)CCN(C(=O)CC1CC2CCC1C2)[C@@H]1CC(C(=O)NCCO)=C[C@H](Oc2ccccc2I)[C@H]1O. The summed E-state index contributed by atoms with van der Waals surface area (Å²) in [6.45, 7) is 4.79. The van der Waals surface area contributed by atoms with Crippen molar-refractivity contribution in [1.29, 1.82) is 0 Å². The summed E-state index contributed by atoms with van der Waals surface area (Å²) in [6.07, 6.45) is 6.43. The average molecular weight is 625 g/mol. The lowest BCUT2D eigenvalue weighted by atomic mass is 9.84. The van der Waals surface area contributed by atoms with Crippen molar-refractivity contribution in [2.75, 3.05) is 19.7 Å². The molecule has 2 amide bonds. The third-order valence-electron chi connectivity index (χ3n) is 8.30. The van der Waals surface area contributed by atoms with Crippen LogP contribution in [0.3, 0.4) is 0 Å². The van der Waals surface area contributed by atoms with Crippen LogP contribution in [0.4, 0.5) is 0 Å². The highest BCUT2D eigenvalue weighted by atomic mass is 127. The zero-order valence-corrected chi connectivity index (χ0v) is 24.1. The van der Waals surface area contributed by atoms with Crippen LogP contribution < -0.4 is 10.1 Å². The largest absolute Gasteiger partial charge is 0.482 e. The first-order chi connectivity index (χ1) is 17.8. The number of fused-ring (bicyclic) bond motifs is 2. The predicted molar refractivity (Wildman–Crippen MR) is 151 cm³/mol. The zero-order chi connectivity index (χ0) is 26.5. The fraction of sp³-hybridized carbons (Fsp3) is 0.655. The summed E-state index contributed by atoms with van der Waals surface area (Å²) in [4.78, 5) is 28.6. The van der Waals surface area contributed by atoms with E-state index in [9.17, 15) is 19.8 Å². The molecule has 0 aliphatic heterocycles. The van der Waals surface area contributed by atoms with Gasteiger partial charge in [0.15, 0.2) is 0 Å². The Kier molecular flexibility index (Phi) is 9.91. The third kappa shape index (κ3) is 7.06. The summed E-state index contributed by atoms with van der Waals surface area (Å²) in [5.74, 6) is 2.64. The molecule has 0 aromatic heterocycles. The Morgan fingerprint density at radius 3 is 2.65 bits per heavy atom. The molecule has 3 unspecified atom stereocenters. The van der Waals surface area contributed by atoms with E-state index < -0.39 is 18.2 Å². The quantitative estimate of drug-likeness (QED) is 0.325. The first kappa shape index (κ1) is 28.4. The van der Waals surface area contributed by atoms with Gasteiger partial charge in [-0.15, -0.1) is 0 Å². The molecule has 0 saturated heterocycles. The number of benzene rings is 1. The van der Waals surface area contributed by atoms with Gasteiger partial charge in [-0.1, -0.05) is 32.4 Å². The number of amides is 2. The molecule has 3 aliphatic carbocycles. The van der Waals surface area contributed by atoms with Crippen LogP contribution in [0.2, 0.25) is 0 Å². The minimum absolute atomic E-state index is 0.0762. The van der Waals surface area contributed by atoms with E-state index in [0.717, 1.165) is 22.3 Å². The normalized spacial score (nSPS) is 28.8. The van der Waals surface area contributed by atoms with E-state index in [0.29, 0.717) is 42.0 Å². The number of halogens is 1. The highest BCUT2D eigenvalue weighted by Gasteiger charge is 2.44. The van der Waals surface area contributed by atoms with E-state index in [1.165, 1.54) is 19.3 Å². The van der Waals surface area contributed by atoms with Gasteiger partial charge in [0.2, 0.25) is 11.8 Å². The van der Waals surface area contributed by atoms with Crippen molar-refractivity contribution in [3.8, 4) is 5.75 Å². The fourth-order valence-electron chi connectivity index (χ4n) is 6.31. The molecule has 37 heavy (non-hydrogen) atoms. The molecule has 4 rings (SSSR count). The Balaban J connectivity index is 1.59. The molecule has 0 spiro atoms. The third-order valence-corrected chi connectivity index (χ3v) is 9.19. The minimum atomic E-state index is -0.971. The van der Waals surface area contributed by atoms with Gasteiger partial charge in [-0.05, 0) is 90.2 Å². The second-order valence-electron chi connectivity index (χ2n) is 11.4. The molecule has 2 saturated carbocycles. The Hall–Kier alpha value is -1.65. The molecule has 3 aliphatic rings. The number of carbonyl (C=O) groups excluding carboxylic acids is 2. The van der Waals surface area contributed by atoms with Gasteiger partial charge in [-0.3, -0.25) is 9.59 Å². The number of hydrogen-bond acceptors (Lipinski definition) is 5. The van der Waals surface area contributed by atoms with Crippen LogP contribution in [-0.4, -0.2) is 64.9 Å². The van der Waals surface area contributed by atoms with Crippen LogP contribution in [0.1, 0.15) is 58.8 Å². The molecule has 204 valence electrons. The molecule has 2 bridgehead atoms. The number of para-hydroxylation sites is 1. The average Bonchev–Trinajstić information content (AvgIpc) is 3.49. The van der Waals surface area contributed by atoms with Gasteiger partial charge < -0.3 is 25.2 Å². The maximum atomic E-state index is 13.8. The van der Waals surface area contributed by atoms with Gasteiger partial charge in [0.05, 0.1) is 16.2 Å². The lowest BCUT2D eigenvalue weighted by molar-refractivity contribution is -0.140. The van der Waals surface area contributed by atoms with E-state index in [2.05, 4.69) is 41.8 Å². The molecular formula is C29H41IN2O5. The highest BCUT2D eigenvalue weighted by Crippen LogP contribution is 2.49. The van der Waals surface area contributed by atoms with E-state index in [1.54, 1.807) is 6.08 Å². The molecule has 0 heterocycles. The summed E-state index contributed by atoms with van der Waals surface area (Å²) < 4.78 is 7.14. The van der Waals surface area contributed by atoms with Crippen LogP contribution in [0, 0.1) is 27.2 Å². The first-order valence-electron chi connectivity index (χ1n) is 13.7. The first-order valence-corrected chi connectivity index (χ1v) is 14.8. The molecule has 3 N–H and O–H groups in total. The van der Waals surface area contributed by atoms with Crippen LogP contribution in [0.5, 0.6) is 5.75 Å². The maximum absolute atomic E-state index is 13.8. The summed E-state index contributed by atoms with van der Waals surface area (Å²) in [5.41, 5.74) is 0.474. The molecule has 0 radical (unpaired) electrons.